The van der Waals surface area contributed by atoms with E-state index < -0.39 is 6.03 Å². The molecule has 6 nitrogen and oxygen atoms in total. The van der Waals surface area contributed by atoms with Crippen molar-refractivity contribution in [2.75, 3.05) is 19.6 Å². The smallest absolute Gasteiger partial charge is 0.325 e. The summed E-state index contributed by atoms with van der Waals surface area (Å²) in [7, 11) is 0. The molecule has 20 heavy (non-hydrogen) atoms. The second-order valence-electron chi connectivity index (χ2n) is 4.58. The first-order valence-electron chi connectivity index (χ1n) is 6.55. The van der Waals surface area contributed by atoms with Gasteiger partial charge in [-0.3, -0.25) is 14.5 Å². The lowest BCUT2D eigenvalue weighted by Gasteiger charge is -2.12. The molecule has 0 aliphatic carbocycles. The number of imide groups is 1. The molecule has 0 bridgehead atoms. The Morgan fingerprint density at radius 1 is 1.25 bits per heavy atom. The van der Waals surface area contributed by atoms with Crippen molar-refractivity contribution in [1.82, 2.24) is 15.5 Å². The van der Waals surface area contributed by atoms with Crippen molar-refractivity contribution in [2.24, 2.45) is 0 Å². The van der Waals surface area contributed by atoms with Gasteiger partial charge in [-0.1, -0.05) is 30.3 Å². The Balaban J connectivity index is 1.65. The zero-order valence-corrected chi connectivity index (χ0v) is 11.1. The zero-order valence-electron chi connectivity index (χ0n) is 11.1. The molecule has 1 saturated heterocycles. The van der Waals surface area contributed by atoms with Crippen molar-refractivity contribution in [1.29, 1.82) is 0 Å². The summed E-state index contributed by atoms with van der Waals surface area (Å²) in [4.78, 5) is 35.1. The highest BCUT2D eigenvalue weighted by Crippen LogP contribution is 2.01. The van der Waals surface area contributed by atoms with Crippen molar-refractivity contribution in [2.45, 2.75) is 12.8 Å². The number of benzene rings is 1. The standard InChI is InChI=1S/C14H17N3O3/c18-12(10-17-13(19)9-16-14(17)20)15-8-4-7-11-5-2-1-3-6-11/h1-3,5-6H,4,7-10H2,(H,15,18)(H,16,20). The molecule has 0 aromatic heterocycles. The van der Waals surface area contributed by atoms with Gasteiger partial charge in [-0.05, 0) is 18.4 Å². The van der Waals surface area contributed by atoms with E-state index in [0.29, 0.717) is 6.54 Å². The molecule has 1 heterocycles. The summed E-state index contributed by atoms with van der Waals surface area (Å²) in [5, 5.41) is 5.08. The third-order valence-electron chi connectivity index (χ3n) is 3.05. The van der Waals surface area contributed by atoms with Gasteiger partial charge in [-0.15, -0.1) is 0 Å². The predicted octanol–water partition coefficient (Wildman–Crippen LogP) is 0.287. The van der Waals surface area contributed by atoms with Gasteiger partial charge >= 0.3 is 6.03 Å². The number of amides is 4. The van der Waals surface area contributed by atoms with Crippen LogP contribution in [0.4, 0.5) is 4.79 Å². The quantitative estimate of drug-likeness (QED) is 0.578. The molecule has 1 fully saturated rings. The second kappa shape index (κ2) is 6.70. The van der Waals surface area contributed by atoms with Gasteiger partial charge < -0.3 is 10.6 Å². The van der Waals surface area contributed by atoms with Crippen LogP contribution in [0.25, 0.3) is 0 Å². The van der Waals surface area contributed by atoms with E-state index in [0.717, 1.165) is 17.7 Å². The topological polar surface area (TPSA) is 78.5 Å². The second-order valence-corrected chi connectivity index (χ2v) is 4.58. The number of urea groups is 1. The van der Waals surface area contributed by atoms with Gasteiger partial charge in [-0.25, -0.2) is 4.79 Å². The van der Waals surface area contributed by atoms with Crippen molar-refractivity contribution in [3.05, 3.63) is 35.9 Å². The van der Waals surface area contributed by atoms with Gasteiger partial charge in [-0.2, -0.15) is 0 Å². The summed E-state index contributed by atoms with van der Waals surface area (Å²) in [6.45, 7) is 0.285. The van der Waals surface area contributed by atoms with Crippen LogP contribution in [0.2, 0.25) is 0 Å². The van der Waals surface area contributed by atoms with Crippen LogP contribution in [-0.4, -0.2) is 42.4 Å². The van der Waals surface area contributed by atoms with Gasteiger partial charge in [0.25, 0.3) is 5.91 Å². The average molecular weight is 275 g/mol. The van der Waals surface area contributed by atoms with Crippen molar-refractivity contribution in [3.63, 3.8) is 0 Å². The lowest BCUT2D eigenvalue weighted by Crippen LogP contribution is -2.41. The molecular formula is C14H17N3O3. The molecule has 6 heteroatoms. The van der Waals surface area contributed by atoms with E-state index >= 15 is 0 Å². The molecule has 2 N–H and O–H groups in total. The largest absolute Gasteiger partial charge is 0.355 e. The number of nitrogens with one attached hydrogen (secondary N) is 2. The van der Waals surface area contributed by atoms with Crippen LogP contribution >= 0.6 is 0 Å². The van der Waals surface area contributed by atoms with Crippen molar-refractivity contribution >= 4 is 17.8 Å². The number of aryl methyl sites for hydroxylation is 1. The molecule has 0 unspecified atom stereocenters. The molecule has 0 radical (unpaired) electrons. The number of carbonyl (C=O) groups excluding carboxylic acids is 3. The molecule has 106 valence electrons. The molecule has 0 atom stereocenters. The minimum Gasteiger partial charge on any atom is -0.355 e. The zero-order chi connectivity index (χ0) is 14.4. The van der Waals surface area contributed by atoms with Crippen LogP contribution in [0, 0.1) is 0 Å². The number of hydrogen-bond donors (Lipinski definition) is 2. The Hall–Kier alpha value is -2.37. The van der Waals surface area contributed by atoms with E-state index in [9.17, 15) is 14.4 Å². The van der Waals surface area contributed by atoms with Crippen LogP contribution in [-0.2, 0) is 16.0 Å². The third kappa shape index (κ3) is 3.81. The normalized spacial score (nSPS) is 14.3. The van der Waals surface area contributed by atoms with Crippen LogP contribution in [0.3, 0.4) is 0 Å². The number of rotatable bonds is 6. The first-order valence-corrected chi connectivity index (χ1v) is 6.55. The maximum atomic E-state index is 11.6. The Morgan fingerprint density at radius 2 is 2.00 bits per heavy atom. The summed E-state index contributed by atoms with van der Waals surface area (Å²) in [5.74, 6) is -0.683. The number of nitrogens with zero attached hydrogens (tertiary/aromatic N) is 1. The SMILES string of the molecule is O=C(CN1C(=O)CNC1=O)NCCCc1ccccc1. The number of hydrogen-bond acceptors (Lipinski definition) is 3. The van der Waals surface area contributed by atoms with Gasteiger partial charge in [0.1, 0.15) is 6.54 Å². The Bertz CT molecular complexity index is 486. The Kier molecular flexibility index (Phi) is 4.70. The fraction of sp³-hybridized carbons (Fsp3) is 0.357. The Labute approximate surface area is 117 Å². The van der Waals surface area contributed by atoms with E-state index in [1.165, 1.54) is 5.56 Å². The van der Waals surface area contributed by atoms with E-state index in [-0.39, 0.29) is 24.9 Å². The first kappa shape index (κ1) is 14.0. The van der Waals surface area contributed by atoms with Crippen molar-refractivity contribution < 1.29 is 14.4 Å². The molecule has 0 spiro atoms. The summed E-state index contributed by atoms with van der Waals surface area (Å²) < 4.78 is 0. The molecular weight excluding hydrogens is 258 g/mol. The van der Waals surface area contributed by atoms with Gasteiger partial charge in [0, 0.05) is 6.54 Å². The number of carbonyl (C=O) groups is 3. The maximum absolute atomic E-state index is 11.6. The summed E-state index contributed by atoms with van der Waals surface area (Å²) in [5.41, 5.74) is 1.22. The first-order chi connectivity index (χ1) is 9.66. The van der Waals surface area contributed by atoms with E-state index in [1.807, 2.05) is 30.3 Å². The molecule has 1 aromatic rings. The minimum atomic E-state index is -0.505. The molecule has 2 rings (SSSR count). The third-order valence-corrected chi connectivity index (χ3v) is 3.05. The summed E-state index contributed by atoms with van der Waals surface area (Å²) in [6.07, 6.45) is 1.69. The van der Waals surface area contributed by atoms with Crippen molar-refractivity contribution in [3.8, 4) is 0 Å². The van der Waals surface area contributed by atoms with Crippen LogP contribution < -0.4 is 10.6 Å². The van der Waals surface area contributed by atoms with E-state index in [4.69, 9.17) is 0 Å². The average Bonchev–Trinajstić information content (AvgIpc) is 2.77. The Morgan fingerprint density at radius 3 is 2.65 bits per heavy atom. The van der Waals surface area contributed by atoms with Crippen LogP contribution in [0.5, 0.6) is 0 Å². The fourth-order valence-electron chi connectivity index (χ4n) is 1.98. The molecule has 4 amide bonds. The van der Waals surface area contributed by atoms with Gasteiger partial charge in [0.2, 0.25) is 5.91 Å². The van der Waals surface area contributed by atoms with Crippen LogP contribution in [0.15, 0.2) is 30.3 Å². The van der Waals surface area contributed by atoms with Crippen LogP contribution in [0.1, 0.15) is 12.0 Å². The molecule has 0 saturated carbocycles. The summed E-state index contributed by atoms with van der Waals surface area (Å²) in [6, 6.07) is 9.49. The lowest BCUT2D eigenvalue weighted by atomic mass is 10.1. The van der Waals surface area contributed by atoms with E-state index in [1.54, 1.807) is 0 Å². The lowest BCUT2D eigenvalue weighted by molar-refractivity contribution is -0.130. The highest BCUT2D eigenvalue weighted by molar-refractivity contribution is 6.04. The molecule has 1 aliphatic rings. The summed E-state index contributed by atoms with van der Waals surface area (Å²) >= 11 is 0. The highest BCUT2D eigenvalue weighted by atomic mass is 16.2. The minimum absolute atomic E-state index is 0.0277. The maximum Gasteiger partial charge on any atom is 0.325 e. The molecule has 1 aromatic carbocycles. The van der Waals surface area contributed by atoms with Gasteiger partial charge in [0.15, 0.2) is 0 Å². The van der Waals surface area contributed by atoms with E-state index in [2.05, 4.69) is 10.6 Å². The predicted molar refractivity (Wildman–Crippen MR) is 72.9 cm³/mol. The fourth-order valence-corrected chi connectivity index (χ4v) is 1.98. The molecule has 1 aliphatic heterocycles. The highest BCUT2D eigenvalue weighted by Gasteiger charge is 2.29. The monoisotopic (exact) mass is 275 g/mol. The van der Waals surface area contributed by atoms with Gasteiger partial charge in [0.05, 0.1) is 6.54 Å².